The number of ether oxygens (including phenoxy) is 2. The van der Waals surface area contributed by atoms with E-state index >= 15 is 0 Å². The van der Waals surface area contributed by atoms with Gasteiger partial charge in [0.1, 0.15) is 5.75 Å². The molecule has 0 spiro atoms. The van der Waals surface area contributed by atoms with Gasteiger partial charge in [-0.3, -0.25) is 0 Å². The largest absolute Gasteiger partial charge is 0.495 e. The van der Waals surface area contributed by atoms with E-state index in [9.17, 15) is 0 Å². The second-order valence-corrected chi connectivity index (χ2v) is 4.18. The molecule has 2 rings (SSSR count). The van der Waals surface area contributed by atoms with Crippen LogP contribution < -0.4 is 15.0 Å². The average Bonchev–Trinajstić information content (AvgIpc) is 2.40. The zero-order valence-corrected chi connectivity index (χ0v) is 10.5. The number of nitrogens with zero attached hydrogens (tertiary/aromatic N) is 1. The first kappa shape index (κ1) is 12.2. The molecule has 0 aromatic heterocycles. The number of anilines is 1. The highest BCUT2D eigenvalue weighted by Crippen LogP contribution is 2.29. The molecule has 0 amide bonds. The van der Waals surface area contributed by atoms with Gasteiger partial charge < -0.3 is 19.7 Å². The molecule has 4 nitrogen and oxygen atoms in total. The fourth-order valence-corrected chi connectivity index (χ4v) is 2.29. The monoisotopic (exact) mass is 236 g/mol. The first-order valence-electron chi connectivity index (χ1n) is 5.96. The molecule has 0 radical (unpaired) electrons. The van der Waals surface area contributed by atoms with Crippen molar-refractivity contribution >= 4 is 5.69 Å². The molecule has 1 unspecified atom stereocenters. The lowest BCUT2D eigenvalue weighted by molar-refractivity contribution is 0.170. The van der Waals surface area contributed by atoms with Gasteiger partial charge >= 0.3 is 0 Å². The van der Waals surface area contributed by atoms with Crippen molar-refractivity contribution in [1.82, 2.24) is 5.32 Å². The lowest BCUT2D eigenvalue weighted by Gasteiger charge is -2.38. The normalized spacial score (nSPS) is 20.4. The van der Waals surface area contributed by atoms with Gasteiger partial charge in [-0.05, 0) is 12.1 Å². The third-order valence-corrected chi connectivity index (χ3v) is 3.10. The number of rotatable bonds is 4. The molecule has 94 valence electrons. The van der Waals surface area contributed by atoms with E-state index in [1.54, 1.807) is 14.2 Å². The molecule has 1 atom stereocenters. The summed E-state index contributed by atoms with van der Waals surface area (Å²) < 4.78 is 10.7. The van der Waals surface area contributed by atoms with Crippen molar-refractivity contribution in [2.75, 3.05) is 45.4 Å². The number of hydrogen-bond acceptors (Lipinski definition) is 4. The highest BCUT2D eigenvalue weighted by atomic mass is 16.5. The van der Waals surface area contributed by atoms with Crippen LogP contribution in [0.15, 0.2) is 24.3 Å². The number of methoxy groups -OCH3 is 2. The molecule has 4 heteroatoms. The Hall–Kier alpha value is -1.26. The molecule has 0 aliphatic carbocycles. The van der Waals surface area contributed by atoms with Crippen LogP contribution in [0, 0.1) is 0 Å². The van der Waals surface area contributed by atoms with Crippen molar-refractivity contribution in [3.8, 4) is 5.75 Å². The van der Waals surface area contributed by atoms with Crippen LogP contribution in [0.25, 0.3) is 0 Å². The molecule has 1 aliphatic heterocycles. The van der Waals surface area contributed by atoms with Gasteiger partial charge in [0, 0.05) is 26.7 Å². The predicted octanol–water partition coefficient (Wildman–Crippen LogP) is 1.12. The Morgan fingerprint density at radius 1 is 1.35 bits per heavy atom. The van der Waals surface area contributed by atoms with Crippen LogP contribution in [-0.2, 0) is 4.74 Å². The summed E-state index contributed by atoms with van der Waals surface area (Å²) in [5, 5.41) is 3.39. The lowest BCUT2D eigenvalue weighted by atomic mass is 10.1. The Morgan fingerprint density at radius 3 is 2.94 bits per heavy atom. The molecule has 1 fully saturated rings. The van der Waals surface area contributed by atoms with E-state index in [1.165, 1.54) is 0 Å². The highest BCUT2D eigenvalue weighted by Gasteiger charge is 2.24. The Labute approximate surface area is 103 Å². The van der Waals surface area contributed by atoms with Gasteiger partial charge in [-0.1, -0.05) is 12.1 Å². The van der Waals surface area contributed by atoms with E-state index < -0.39 is 0 Å². The van der Waals surface area contributed by atoms with Crippen molar-refractivity contribution in [2.45, 2.75) is 6.04 Å². The van der Waals surface area contributed by atoms with Crippen molar-refractivity contribution < 1.29 is 9.47 Å². The number of hydrogen-bond donors (Lipinski definition) is 1. The molecule has 1 aromatic carbocycles. The molecule has 0 bridgehead atoms. The van der Waals surface area contributed by atoms with E-state index in [-0.39, 0.29) is 0 Å². The first-order chi connectivity index (χ1) is 8.36. The number of para-hydroxylation sites is 2. The molecular weight excluding hydrogens is 216 g/mol. The van der Waals surface area contributed by atoms with E-state index in [1.807, 2.05) is 18.2 Å². The van der Waals surface area contributed by atoms with Gasteiger partial charge in [-0.15, -0.1) is 0 Å². The quantitative estimate of drug-likeness (QED) is 0.849. The maximum absolute atomic E-state index is 5.42. The Kier molecular flexibility index (Phi) is 4.23. The van der Waals surface area contributed by atoms with Gasteiger partial charge in [0.25, 0.3) is 0 Å². The first-order valence-corrected chi connectivity index (χ1v) is 5.96. The Balaban J connectivity index is 2.22. The van der Waals surface area contributed by atoms with Crippen molar-refractivity contribution in [1.29, 1.82) is 0 Å². The van der Waals surface area contributed by atoms with Gasteiger partial charge in [-0.2, -0.15) is 0 Å². The van der Waals surface area contributed by atoms with Gasteiger partial charge in [0.15, 0.2) is 0 Å². The highest BCUT2D eigenvalue weighted by molar-refractivity contribution is 5.59. The Morgan fingerprint density at radius 2 is 2.18 bits per heavy atom. The minimum absolute atomic E-state index is 0.366. The van der Waals surface area contributed by atoms with Crippen molar-refractivity contribution in [3.05, 3.63) is 24.3 Å². The second kappa shape index (κ2) is 5.89. The van der Waals surface area contributed by atoms with E-state index in [4.69, 9.17) is 9.47 Å². The van der Waals surface area contributed by atoms with Crippen LogP contribution >= 0.6 is 0 Å². The summed E-state index contributed by atoms with van der Waals surface area (Å²) >= 11 is 0. The summed E-state index contributed by atoms with van der Waals surface area (Å²) in [7, 11) is 3.46. The molecule has 1 heterocycles. The van der Waals surface area contributed by atoms with Gasteiger partial charge in [-0.25, -0.2) is 0 Å². The summed E-state index contributed by atoms with van der Waals surface area (Å²) in [6, 6.07) is 8.51. The van der Waals surface area contributed by atoms with Crippen molar-refractivity contribution in [3.63, 3.8) is 0 Å². The molecule has 0 saturated carbocycles. The molecular formula is C13H20N2O2. The molecule has 17 heavy (non-hydrogen) atoms. The van der Waals surface area contributed by atoms with Crippen LogP contribution in [0.1, 0.15) is 0 Å². The lowest BCUT2D eigenvalue weighted by Crippen LogP contribution is -2.53. The number of benzene rings is 1. The van der Waals surface area contributed by atoms with Crippen LogP contribution in [0.4, 0.5) is 5.69 Å². The topological polar surface area (TPSA) is 33.7 Å². The van der Waals surface area contributed by atoms with Crippen molar-refractivity contribution in [2.24, 2.45) is 0 Å². The predicted molar refractivity (Wildman–Crippen MR) is 68.9 cm³/mol. The summed E-state index contributed by atoms with van der Waals surface area (Å²) in [6.07, 6.45) is 0. The molecule has 1 aliphatic rings. The fraction of sp³-hybridized carbons (Fsp3) is 0.538. The molecule has 1 saturated heterocycles. The Bertz CT molecular complexity index is 355. The van der Waals surface area contributed by atoms with E-state index in [0.29, 0.717) is 6.04 Å². The summed E-state index contributed by atoms with van der Waals surface area (Å²) in [4.78, 5) is 2.36. The van der Waals surface area contributed by atoms with Crippen LogP contribution in [0.5, 0.6) is 5.75 Å². The van der Waals surface area contributed by atoms with Crippen LogP contribution in [0.2, 0.25) is 0 Å². The smallest absolute Gasteiger partial charge is 0.142 e. The SMILES string of the molecule is COCC1CNCCN1c1ccccc1OC. The third kappa shape index (κ3) is 2.70. The zero-order chi connectivity index (χ0) is 12.1. The minimum Gasteiger partial charge on any atom is -0.495 e. The number of nitrogens with one attached hydrogen (secondary N) is 1. The van der Waals surface area contributed by atoms with Gasteiger partial charge in [0.2, 0.25) is 0 Å². The third-order valence-electron chi connectivity index (χ3n) is 3.10. The van der Waals surface area contributed by atoms with E-state index in [0.717, 1.165) is 37.7 Å². The van der Waals surface area contributed by atoms with Crippen LogP contribution in [0.3, 0.4) is 0 Å². The maximum Gasteiger partial charge on any atom is 0.142 e. The maximum atomic E-state index is 5.42. The summed E-state index contributed by atoms with van der Waals surface area (Å²) in [5.74, 6) is 0.926. The minimum atomic E-state index is 0.366. The molecule has 1 N–H and O–H groups in total. The van der Waals surface area contributed by atoms with Crippen LogP contribution in [-0.4, -0.2) is 46.5 Å². The zero-order valence-electron chi connectivity index (χ0n) is 10.5. The second-order valence-electron chi connectivity index (χ2n) is 4.18. The fourth-order valence-electron chi connectivity index (χ4n) is 2.29. The molecule has 1 aromatic rings. The summed E-state index contributed by atoms with van der Waals surface area (Å²) in [6.45, 7) is 3.66. The van der Waals surface area contributed by atoms with E-state index in [2.05, 4.69) is 16.3 Å². The summed E-state index contributed by atoms with van der Waals surface area (Å²) in [5.41, 5.74) is 1.15. The number of piperazine rings is 1. The van der Waals surface area contributed by atoms with Gasteiger partial charge in [0.05, 0.1) is 25.4 Å². The standard InChI is InChI=1S/C13H20N2O2/c1-16-10-11-9-14-7-8-15(11)12-5-3-4-6-13(12)17-2/h3-6,11,14H,7-10H2,1-2H3. The average molecular weight is 236 g/mol.